The van der Waals surface area contributed by atoms with Crippen molar-refractivity contribution in [2.24, 2.45) is 0 Å². The number of hydrogen-bond acceptors (Lipinski definition) is 7. The number of imidazole rings is 1. The lowest BCUT2D eigenvalue weighted by Gasteiger charge is -2.33. The highest BCUT2D eigenvalue weighted by Crippen LogP contribution is 2.37. The zero-order chi connectivity index (χ0) is 22.9. The molecule has 5 rings (SSSR count). The summed E-state index contributed by atoms with van der Waals surface area (Å²) in [4.78, 5) is 29.5. The molecule has 1 N–H and O–H groups in total. The number of rotatable bonds is 6. The Morgan fingerprint density at radius 1 is 1.24 bits per heavy atom. The fourth-order valence-corrected chi connectivity index (χ4v) is 4.50. The second-order valence-electron chi connectivity index (χ2n) is 8.23. The van der Waals surface area contributed by atoms with Gasteiger partial charge >= 0.3 is 0 Å². The molecule has 2 fully saturated rings. The van der Waals surface area contributed by atoms with E-state index in [-0.39, 0.29) is 18.5 Å². The molecule has 0 unspecified atom stereocenters. The molecule has 4 heterocycles. The Morgan fingerprint density at radius 2 is 2.06 bits per heavy atom. The van der Waals surface area contributed by atoms with Gasteiger partial charge in [-0.2, -0.15) is 9.97 Å². The van der Waals surface area contributed by atoms with Crippen LogP contribution in [0.25, 0.3) is 17.0 Å². The van der Waals surface area contributed by atoms with E-state index in [1.165, 1.54) is 18.5 Å². The number of ether oxygens (including phenoxy) is 1. The van der Waals surface area contributed by atoms with Crippen molar-refractivity contribution >= 4 is 34.8 Å². The van der Waals surface area contributed by atoms with Crippen LogP contribution in [-0.4, -0.2) is 71.5 Å². The van der Waals surface area contributed by atoms with Crippen molar-refractivity contribution in [3.05, 3.63) is 30.3 Å². The van der Waals surface area contributed by atoms with Crippen LogP contribution in [-0.2, 0) is 9.53 Å². The van der Waals surface area contributed by atoms with E-state index in [9.17, 15) is 13.6 Å². The van der Waals surface area contributed by atoms with Gasteiger partial charge in [0, 0.05) is 38.9 Å². The van der Waals surface area contributed by atoms with Crippen molar-refractivity contribution in [1.29, 1.82) is 0 Å². The summed E-state index contributed by atoms with van der Waals surface area (Å²) in [5.41, 5.74) is 1.63. The maximum atomic E-state index is 14.1. The molecular formula is C22H25F2N7O2. The topological polar surface area (TPSA) is 88.4 Å². The molecule has 0 bridgehead atoms. The van der Waals surface area contributed by atoms with Gasteiger partial charge in [0.25, 0.3) is 0 Å². The molecule has 174 valence electrons. The lowest BCUT2D eigenvalue weighted by atomic mass is 10.1. The molecule has 0 saturated carbocycles. The number of nitrogens with one attached hydrogen (secondary N) is 1. The molecule has 33 heavy (non-hydrogen) atoms. The highest BCUT2D eigenvalue weighted by Gasteiger charge is 2.31. The van der Waals surface area contributed by atoms with Crippen molar-refractivity contribution in [3.63, 3.8) is 0 Å². The minimum Gasteiger partial charge on any atom is -0.382 e. The monoisotopic (exact) mass is 457 g/mol. The van der Waals surface area contributed by atoms with Crippen LogP contribution in [0.3, 0.4) is 0 Å². The summed E-state index contributed by atoms with van der Waals surface area (Å²) in [6.07, 6.45) is 3.07. The Labute approximate surface area is 189 Å². The molecule has 1 aromatic carbocycles. The van der Waals surface area contributed by atoms with Crippen LogP contribution in [0.15, 0.2) is 24.5 Å². The largest absolute Gasteiger partial charge is 0.382 e. The summed E-state index contributed by atoms with van der Waals surface area (Å²) in [5.74, 6) is 0.705. The molecule has 2 aromatic heterocycles. The second-order valence-corrected chi connectivity index (χ2v) is 8.23. The Balaban J connectivity index is 1.69. The van der Waals surface area contributed by atoms with Crippen molar-refractivity contribution in [2.75, 3.05) is 48.5 Å². The van der Waals surface area contributed by atoms with Crippen LogP contribution in [0, 0.1) is 5.82 Å². The number of carbonyl (C=O) groups is 1. The minimum atomic E-state index is -0.961. The van der Waals surface area contributed by atoms with Gasteiger partial charge in [0.15, 0.2) is 11.6 Å². The molecule has 2 saturated heterocycles. The molecule has 0 aliphatic carbocycles. The number of fused-ring (bicyclic) bond motifs is 1. The molecule has 1 amide bonds. The number of benzene rings is 1. The highest BCUT2D eigenvalue weighted by atomic mass is 19.1. The van der Waals surface area contributed by atoms with E-state index < -0.39 is 12.0 Å². The maximum absolute atomic E-state index is 14.1. The second kappa shape index (κ2) is 8.89. The van der Waals surface area contributed by atoms with Crippen molar-refractivity contribution in [1.82, 2.24) is 19.5 Å². The average Bonchev–Trinajstić information content (AvgIpc) is 3.45. The van der Waals surface area contributed by atoms with E-state index in [1.54, 1.807) is 22.6 Å². The first kappa shape index (κ1) is 21.5. The zero-order valence-corrected chi connectivity index (χ0v) is 18.2. The van der Waals surface area contributed by atoms with Gasteiger partial charge in [0.1, 0.15) is 24.0 Å². The van der Waals surface area contributed by atoms with E-state index in [4.69, 9.17) is 14.7 Å². The molecule has 11 heteroatoms. The number of alkyl halides is 1. The summed E-state index contributed by atoms with van der Waals surface area (Å²) in [5, 5.41) is 3.12. The van der Waals surface area contributed by atoms with Crippen LogP contribution in [0.4, 0.5) is 26.1 Å². The van der Waals surface area contributed by atoms with E-state index in [0.717, 1.165) is 6.41 Å². The van der Waals surface area contributed by atoms with Gasteiger partial charge in [-0.3, -0.25) is 14.3 Å². The SMILES string of the molecule is CNc1c(N2CC[C@H](F)C2)nc(-n2cnc3ccc(F)cc32)nc1N(C=O)C1CCOCC1. The van der Waals surface area contributed by atoms with Gasteiger partial charge < -0.3 is 15.0 Å². The number of amides is 1. The van der Waals surface area contributed by atoms with Gasteiger partial charge in [0.2, 0.25) is 12.4 Å². The summed E-state index contributed by atoms with van der Waals surface area (Å²) in [7, 11) is 1.73. The molecular weight excluding hydrogens is 432 g/mol. The third kappa shape index (κ3) is 3.97. The molecule has 2 aliphatic heterocycles. The Kier molecular flexibility index (Phi) is 5.79. The first-order valence-corrected chi connectivity index (χ1v) is 11.0. The number of hydrogen-bond donors (Lipinski definition) is 1. The van der Waals surface area contributed by atoms with Gasteiger partial charge in [-0.1, -0.05) is 0 Å². The van der Waals surface area contributed by atoms with Crippen LogP contribution >= 0.6 is 0 Å². The van der Waals surface area contributed by atoms with Gasteiger partial charge in [0.05, 0.1) is 17.6 Å². The summed E-state index contributed by atoms with van der Waals surface area (Å²) >= 11 is 0. The molecule has 1 atom stereocenters. The van der Waals surface area contributed by atoms with E-state index >= 15 is 0 Å². The Bertz CT molecular complexity index is 1170. The van der Waals surface area contributed by atoms with Crippen LogP contribution < -0.4 is 15.1 Å². The van der Waals surface area contributed by atoms with E-state index in [2.05, 4.69) is 10.3 Å². The summed E-state index contributed by atoms with van der Waals surface area (Å²) in [6, 6.07) is 4.19. The van der Waals surface area contributed by atoms with Crippen molar-refractivity contribution in [2.45, 2.75) is 31.5 Å². The van der Waals surface area contributed by atoms with Crippen LogP contribution in [0.1, 0.15) is 19.3 Å². The number of halogens is 2. The zero-order valence-electron chi connectivity index (χ0n) is 18.2. The highest BCUT2D eigenvalue weighted by molar-refractivity contribution is 5.88. The molecule has 2 aliphatic rings. The fourth-order valence-electron chi connectivity index (χ4n) is 4.50. The van der Waals surface area contributed by atoms with Crippen LogP contribution in [0.2, 0.25) is 0 Å². The lowest BCUT2D eigenvalue weighted by molar-refractivity contribution is -0.108. The molecule has 9 nitrogen and oxygen atoms in total. The lowest BCUT2D eigenvalue weighted by Crippen LogP contribution is -2.40. The number of anilines is 3. The molecule has 0 spiro atoms. The predicted octanol–water partition coefficient (Wildman–Crippen LogP) is 2.69. The average molecular weight is 457 g/mol. The van der Waals surface area contributed by atoms with Gasteiger partial charge in [-0.15, -0.1) is 0 Å². The number of carbonyl (C=O) groups excluding carboxylic acids is 1. The third-order valence-corrected chi connectivity index (χ3v) is 6.21. The first-order valence-electron chi connectivity index (χ1n) is 11.0. The number of nitrogens with zero attached hydrogens (tertiary/aromatic N) is 6. The smallest absolute Gasteiger partial charge is 0.239 e. The molecule has 0 radical (unpaired) electrons. The third-order valence-electron chi connectivity index (χ3n) is 6.21. The number of aromatic nitrogens is 4. The van der Waals surface area contributed by atoms with Crippen molar-refractivity contribution < 1.29 is 18.3 Å². The van der Waals surface area contributed by atoms with E-state index in [1.807, 2.05) is 4.90 Å². The van der Waals surface area contributed by atoms with Gasteiger partial charge in [-0.25, -0.2) is 13.8 Å². The fraction of sp³-hybridized carbons (Fsp3) is 0.455. The quantitative estimate of drug-likeness (QED) is 0.570. The van der Waals surface area contributed by atoms with Crippen molar-refractivity contribution in [3.8, 4) is 5.95 Å². The minimum absolute atomic E-state index is 0.0940. The normalized spacial score (nSPS) is 19.2. The summed E-state index contributed by atoms with van der Waals surface area (Å²) < 4.78 is 35.1. The Hall–Kier alpha value is -3.34. The Morgan fingerprint density at radius 3 is 2.76 bits per heavy atom. The maximum Gasteiger partial charge on any atom is 0.239 e. The van der Waals surface area contributed by atoms with Gasteiger partial charge in [-0.05, 0) is 31.4 Å². The first-order chi connectivity index (χ1) is 16.1. The standard InChI is InChI=1S/C22H25F2N7O2/c1-25-19-20(29-7-4-15(24)11-29)27-22(30-12-26-17-3-2-14(23)10-18(17)30)28-21(19)31(13-32)16-5-8-33-9-6-16/h2-3,10,12-13,15-16,25H,4-9,11H2,1H3/t15-/m0/s1. The molecule has 3 aromatic rings. The summed E-state index contributed by atoms with van der Waals surface area (Å²) in [6.45, 7) is 1.79. The van der Waals surface area contributed by atoms with Crippen LogP contribution in [0.5, 0.6) is 0 Å². The van der Waals surface area contributed by atoms with E-state index in [0.29, 0.717) is 67.4 Å². The predicted molar refractivity (Wildman–Crippen MR) is 120 cm³/mol.